The van der Waals surface area contributed by atoms with Crippen LogP contribution in [0.2, 0.25) is 0 Å². The number of benzene rings is 2. The zero-order valence-corrected chi connectivity index (χ0v) is 15.8. The summed E-state index contributed by atoms with van der Waals surface area (Å²) in [6.45, 7) is 2.90. The van der Waals surface area contributed by atoms with E-state index in [4.69, 9.17) is 0 Å². The molecule has 1 aliphatic heterocycles. The smallest absolute Gasteiger partial charge is 0.370 e. The number of carbonyl (C=O) groups is 1. The first-order valence-electron chi connectivity index (χ1n) is 9.19. The summed E-state index contributed by atoms with van der Waals surface area (Å²) in [5.41, 5.74) is 0.0496. The van der Waals surface area contributed by atoms with Gasteiger partial charge in [-0.2, -0.15) is 13.2 Å². The molecule has 1 fully saturated rings. The van der Waals surface area contributed by atoms with Gasteiger partial charge in [0.15, 0.2) is 0 Å². The first-order valence-corrected chi connectivity index (χ1v) is 9.19. The van der Waals surface area contributed by atoms with Gasteiger partial charge in [0, 0.05) is 30.3 Å². The lowest BCUT2D eigenvalue weighted by Gasteiger charge is -2.31. The molecular formula is C20H20F3N3O3. The maximum Gasteiger partial charge on any atom is 0.416 e. The molecule has 1 aliphatic rings. The van der Waals surface area contributed by atoms with Crippen molar-refractivity contribution in [2.45, 2.75) is 32.4 Å². The van der Waals surface area contributed by atoms with Crippen molar-refractivity contribution in [1.82, 2.24) is 0 Å². The van der Waals surface area contributed by atoms with Gasteiger partial charge in [-0.25, -0.2) is 0 Å². The third-order valence-electron chi connectivity index (χ3n) is 4.92. The van der Waals surface area contributed by atoms with Crippen molar-refractivity contribution in [3.05, 3.63) is 63.2 Å². The van der Waals surface area contributed by atoms with E-state index in [1.54, 1.807) is 0 Å². The molecule has 0 bridgehead atoms. The van der Waals surface area contributed by atoms with E-state index in [-0.39, 0.29) is 16.9 Å². The molecule has 1 saturated heterocycles. The van der Waals surface area contributed by atoms with Crippen LogP contribution in [0.4, 0.5) is 30.2 Å². The molecule has 1 heterocycles. The molecule has 0 atom stereocenters. The first kappa shape index (κ1) is 20.6. The normalized spacial score (nSPS) is 14.6. The number of aryl methyl sites for hydroxylation is 1. The minimum absolute atomic E-state index is 0.0720. The van der Waals surface area contributed by atoms with E-state index in [2.05, 4.69) is 5.32 Å². The van der Waals surface area contributed by atoms with Gasteiger partial charge in [-0.15, -0.1) is 0 Å². The van der Waals surface area contributed by atoms with Gasteiger partial charge in [0.05, 0.1) is 21.9 Å². The van der Waals surface area contributed by atoms with E-state index < -0.39 is 22.6 Å². The highest BCUT2D eigenvalue weighted by Crippen LogP contribution is 2.36. The lowest BCUT2D eigenvalue weighted by Crippen LogP contribution is -2.30. The number of carbonyl (C=O) groups excluding carboxylic acids is 1. The molecule has 3 rings (SSSR count). The van der Waals surface area contributed by atoms with Crippen molar-refractivity contribution in [3.8, 4) is 0 Å². The summed E-state index contributed by atoms with van der Waals surface area (Å²) in [5.74, 6) is -0.624. The van der Waals surface area contributed by atoms with E-state index in [0.29, 0.717) is 24.3 Å². The lowest BCUT2D eigenvalue weighted by atomic mass is 10.1. The first-order chi connectivity index (χ1) is 13.7. The summed E-state index contributed by atoms with van der Waals surface area (Å²) in [6, 6.07) is 7.17. The third kappa shape index (κ3) is 4.67. The Morgan fingerprint density at radius 1 is 1.10 bits per heavy atom. The van der Waals surface area contributed by atoms with Gasteiger partial charge in [0.25, 0.3) is 11.6 Å². The highest BCUT2D eigenvalue weighted by molar-refractivity contribution is 6.06. The van der Waals surface area contributed by atoms with Gasteiger partial charge in [-0.05, 0) is 56.5 Å². The molecule has 0 aromatic heterocycles. The molecular weight excluding hydrogens is 387 g/mol. The van der Waals surface area contributed by atoms with Gasteiger partial charge in [-0.3, -0.25) is 14.9 Å². The molecule has 0 aliphatic carbocycles. The molecule has 1 amide bonds. The van der Waals surface area contributed by atoms with Crippen molar-refractivity contribution in [3.63, 3.8) is 0 Å². The number of hydrogen-bond acceptors (Lipinski definition) is 4. The summed E-state index contributed by atoms with van der Waals surface area (Å²) in [7, 11) is 0. The second-order valence-electron chi connectivity index (χ2n) is 6.99. The fourth-order valence-corrected chi connectivity index (χ4v) is 3.42. The Labute approximate surface area is 165 Å². The average molecular weight is 407 g/mol. The number of nitrogens with one attached hydrogen (secondary N) is 1. The minimum atomic E-state index is -4.54. The second kappa shape index (κ2) is 8.10. The number of nitro groups is 1. The lowest BCUT2D eigenvalue weighted by molar-refractivity contribution is -0.385. The molecule has 2 aromatic rings. The number of halogens is 3. The summed E-state index contributed by atoms with van der Waals surface area (Å²) >= 11 is 0. The second-order valence-corrected chi connectivity index (χ2v) is 6.99. The Kier molecular flexibility index (Phi) is 5.76. The van der Waals surface area contributed by atoms with Crippen LogP contribution >= 0.6 is 0 Å². The van der Waals surface area contributed by atoms with Crippen LogP contribution in [0.15, 0.2) is 36.4 Å². The number of piperidine rings is 1. The van der Waals surface area contributed by atoms with E-state index >= 15 is 0 Å². The molecule has 0 unspecified atom stereocenters. The van der Waals surface area contributed by atoms with Gasteiger partial charge >= 0.3 is 6.18 Å². The van der Waals surface area contributed by atoms with Gasteiger partial charge in [0.2, 0.25) is 0 Å². The summed E-state index contributed by atoms with van der Waals surface area (Å²) in [4.78, 5) is 25.0. The predicted octanol–water partition coefficient (Wildman–Crippen LogP) is 5.16. The van der Waals surface area contributed by atoms with Gasteiger partial charge in [-0.1, -0.05) is 0 Å². The van der Waals surface area contributed by atoms with Crippen LogP contribution < -0.4 is 10.2 Å². The molecule has 0 radical (unpaired) electrons. The molecule has 2 aromatic carbocycles. The third-order valence-corrected chi connectivity index (χ3v) is 4.92. The monoisotopic (exact) mass is 407 g/mol. The van der Waals surface area contributed by atoms with Crippen LogP contribution in [-0.2, 0) is 6.18 Å². The largest absolute Gasteiger partial charge is 0.416 e. The van der Waals surface area contributed by atoms with E-state index in [1.165, 1.54) is 31.2 Å². The molecule has 9 heteroatoms. The van der Waals surface area contributed by atoms with Crippen LogP contribution in [-0.4, -0.2) is 23.9 Å². The number of nitro benzene ring substituents is 1. The average Bonchev–Trinajstić information content (AvgIpc) is 2.67. The van der Waals surface area contributed by atoms with Crippen molar-refractivity contribution >= 4 is 23.0 Å². The number of amides is 1. The Balaban J connectivity index is 1.94. The zero-order chi connectivity index (χ0) is 21.2. The van der Waals surface area contributed by atoms with Gasteiger partial charge < -0.3 is 10.2 Å². The van der Waals surface area contributed by atoms with Crippen LogP contribution in [0, 0.1) is 17.0 Å². The number of nitrogens with zero attached hydrogens (tertiary/aromatic N) is 2. The Bertz CT molecular complexity index is 938. The quantitative estimate of drug-likeness (QED) is 0.561. The molecule has 0 saturated carbocycles. The van der Waals surface area contributed by atoms with E-state index in [1.807, 2.05) is 4.90 Å². The van der Waals surface area contributed by atoms with Crippen molar-refractivity contribution in [2.75, 3.05) is 23.3 Å². The van der Waals surface area contributed by atoms with Crippen LogP contribution in [0.5, 0.6) is 0 Å². The van der Waals surface area contributed by atoms with Gasteiger partial charge in [0.1, 0.15) is 0 Å². The predicted molar refractivity (Wildman–Crippen MR) is 103 cm³/mol. The summed E-state index contributed by atoms with van der Waals surface area (Å²) in [5, 5.41) is 13.5. The molecule has 29 heavy (non-hydrogen) atoms. The maximum absolute atomic E-state index is 13.2. The SMILES string of the molecule is Cc1cc(C(=O)Nc2cc(C(F)(F)F)ccc2N2CCCCC2)ccc1[N+](=O)[O-]. The highest BCUT2D eigenvalue weighted by Gasteiger charge is 2.32. The maximum atomic E-state index is 13.2. The molecule has 154 valence electrons. The van der Waals surface area contributed by atoms with E-state index in [9.17, 15) is 28.1 Å². The standard InChI is InChI=1S/C20H20F3N3O3/c1-13-11-14(5-7-17(13)26(28)29)19(27)24-16-12-15(20(21,22)23)6-8-18(16)25-9-3-2-4-10-25/h5-8,11-12H,2-4,9-10H2,1H3,(H,24,27). The topological polar surface area (TPSA) is 75.5 Å². The number of rotatable bonds is 4. The fraction of sp³-hybridized carbons (Fsp3) is 0.350. The Morgan fingerprint density at radius 2 is 1.79 bits per heavy atom. The molecule has 6 nitrogen and oxygen atoms in total. The minimum Gasteiger partial charge on any atom is -0.370 e. The number of alkyl halides is 3. The highest BCUT2D eigenvalue weighted by atomic mass is 19.4. The Morgan fingerprint density at radius 3 is 2.38 bits per heavy atom. The summed E-state index contributed by atoms with van der Waals surface area (Å²) < 4.78 is 39.6. The van der Waals surface area contributed by atoms with Crippen molar-refractivity contribution < 1.29 is 22.9 Å². The Hall–Kier alpha value is -3.10. The number of anilines is 2. The molecule has 1 N–H and O–H groups in total. The van der Waals surface area contributed by atoms with Crippen LogP contribution in [0.1, 0.15) is 40.7 Å². The fourth-order valence-electron chi connectivity index (χ4n) is 3.42. The van der Waals surface area contributed by atoms with Crippen LogP contribution in [0.3, 0.4) is 0 Å². The summed E-state index contributed by atoms with van der Waals surface area (Å²) in [6.07, 6.45) is -1.63. The molecule has 0 spiro atoms. The number of hydrogen-bond donors (Lipinski definition) is 1. The van der Waals surface area contributed by atoms with Crippen molar-refractivity contribution in [2.24, 2.45) is 0 Å². The van der Waals surface area contributed by atoms with Crippen LogP contribution in [0.25, 0.3) is 0 Å². The van der Waals surface area contributed by atoms with Crippen molar-refractivity contribution in [1.29, 1.82) is 0 Å². The van der Waals surface area contributed by atoms with E-state index in [0.717, 1.165) is 31.4 Å². The zero-order valence-electron chi connectivity index (χ0n) is 15.8.